The van der Waals surface area contributed by atoms with Crippen LogP contribution < -0.4 is 5.32 Å². The first-order valence-corrected chi connectivity index (χ1v) is 7.64. The Morgan fingerprint density at radius 2 is 1.37 bits per heavy atom. The maximum absolute atomic E-state index is 10.5. The summed E-state index contributed by atoms with van der Waals surface area (Å²) in [5.41, 5.74) is 0. The first kappa shape index (κ1) is 22.3. The van der Waals surface area contributed by atoms with Crippen molar-refractivity contribution in [1.29, 1.82) is 0 Å². The average Bonchev–Trinajstić information content (AvgIpc) is 2.35. The molecule has 0 amide bonds. The Hall–Kier alpha value is 1.07. The van der Waals surface area contributed by atoms with Gasteiger partial charge < -0.3 is 10.4 Å². The van der Waals surface area contributed by atoms with Crippen molar-refractivity contribution in [3.05, 3.63) is 0 Å². The number of carboxylic acid groups (broad SMARTS) is 1. The van der Waals surface area contributed by atoms with Crippen molar-refractivity contribution in [1.82, 2.24) is 5.32 Å². The van der Waals surface area contributed by atoms with Crippen LogP contribution in [0.25, 0.3) is 0 Å². The van der Waals surface area contributed by atoms with Crippen molar-refractivity contribution >= 4 is 57.4 Å². The quantitative estimate of drug-likeness (QED) is 0.405. The summed E-state index contributed by atoms with van der Waals surface area (Å²) in [5.74, 6) is -0.762. The van der Waals surface area contributed by atoms with Gasteiger partial charge in [0.05, 0.1) is 0 Å². The second-order valence-corrected chi connectivity index (χ2v) is 5.20. The molecule has 110 valence electrons. The number of unbranched alkanes of at least 4 members (excludes halogenated alkanes) is 9. The van der Waals surface area contributed by atoms with Gasteiger partial charge in [-0.3, -0.25) is 4.79 Å². The predicted molar refractivity (Wildman–Crippen MR) is 84.1 cm³/mol. The first-order valence-electron chi connectivity index (χ1n) is 7.64. The van der Waals surface area contributed by atoms with E-state index in [0.717, 1.165) is 13.0 Å². The second kappa shape index (κ2) is 17.1. The molecule has 0 heterocycles. The molecule has 3 nitrogen and oxygen atoms in total. The minimum absolute atomic E-state index is 0. The van der Waals surface area contributed by atoms with Crippen LogP contribution >= 0.6 is 0 Å². The Balaban J connectivity index is 0. The van der Waals surface area contributed by atoms with Gasteiger partial charge in [0.2, 0.25) is 0 Å². The summed E-state index contributed by atoms with van der Waals surface area (Å²) in [7, 11) is 0. The molecule has 0 aliphatic heterocycles. The van der Waals surface area contributed by atoms with Crippen LogP contribution in [0.15, 0.2) is 0 Å². The van der Waals surface area contributed by atoms with Crippen LogP contribution in [0.2, 0.25) is 0 Å². The normalized spacial score (nSPS) is 11.9. The molecular weight excluding hydrogens is 265 g/mol. The molecule has 1 atom stereocenters. The number of hydrogen-bond acceptors (Lipinski definition) is 2. The van der Waals surface area contributed by atoms with E-state index in [2.05, 4.69) is 12.2 Å². The molecule has 0 unspecified atom stereocenters. The van der Waals surface area contributed by atoms with Crippen LogP contribution in [0.3, 0.4) is 0 Å². The maximum atomic E-state index is 10.5. The number of carboxylic acids is 1. The molecule has 0 aromatic heterocycles. The van der Waals surface area contributed by atoms with Gasteiger partial charge in [0.15, 0.2) is 0 Å². The summed E-state index contributed by atoms with van der Waals surface area (Å²) >= 11 is 0. The molecule has 0 aliphatic rings. The molecule has 0 aromatic carbocycles. The first-order chi connectivity index (χ1) is 8.68. The molecule has 0 saturated heterocycles. The fraction of sp³-hybridized carbons (Fsp3) is 0.933. The number of nitrogens with one attached hydrogen (secondary N) is 1. The predicted octanol–water partition coefficient (Wildman–Crippen LogP) is 3.32. The van der Waals surface area contributed by atoms with E-state index in [-0.39, 0.29) is 51.4 Å². The van der Waals surface area contributed by atoms with E-state index >= 15 is 0 Å². The molecule has 0 bridgehead atoms. The van der Waals surface area contributed by atoms with Gasteiger partial charge in [0.25, 0.3) is 0 Å². The van der Waals surface area contributed by atoms with Crippen molar-refractivity contribution < 1.29 is 9.90 Å². The van der Waals surface area contributed by atoms with Gasteiger partial charge in [-0.1, -0.05) is 64.7 Å². The van der Waals surface area contributed by atoms with Crippen molar-refractivity contribution in [2.75, 3.05) is 6.54 Å². The molecule has 0 aliphatic carbocycles. The zero-order valence-electron chi connectivity index (χ0n) is 12.2. The van der Waals surface area contributed by atoms with E-state index in [1.807, 2.05) is 0 Å². The molecule has 0 radical (unpaired) electrons. The fourth-order valence-corrected chi connectivity index (χ4v) is 2.02. The van der Waals surface area contributed by atoms with E-state index in [1.54, 1.807) is 6.92 Å². The second-order valence-electron chi connectivity index (χ2n) is 5.20. The van der Waals surface area contributed by atoms with Crippen molar-refractivity contribution in [2.45, 2.75) is 84.1 Å². The van der Waals surface area contributed by atoms with Crippen molar-refractivity contribution in [2.24, 2.45) is 0 Å². The van der Waals surface area contributed by atoms with E-state index in [4.69, 9.17) is 5.11 Å². The third kappa shape index (κ3) is 17.0. The van der Waals surface area contributed by atoms with E-state index in [1.165, 1.54) is 57.8 Å². The van der Waals surface area contributed by atoms with Crippen molar-refractivity contribution in [3.8, 4) is 0 Å². The fourth-order valence-electron chi connectivity index (χ4n) is 2.02. The molecule has 0 aromatic rings. The van der Waals surface area contributed by atoms with Gasteiger partial charge in [0.1, 0.15) is 6.04 Å². The Bertz CT molecular complexity index is 201. The van der Waals surface area contributed by atoms with Gasteiger partial charge >= 0.3 is 57.4 Å². The third-order valence-electron chi connectivity index (χ3n) is 3.35. The molecular formula is C15H32KNO2. The van der Waals surface area contributed by atoms with E-state index in [0.29, 0.717) is 0 Å². The summed E-state index contributed by atoms with van der Waals surface area (Å²) < 4.78 is 0. The van der Waals surface area contributed by atoms with Crippen LogP contribution in [-0.4, -0.2) is 75.0 Å². The SMILES string of the molecule is CCCCCCCCCCCCN[C@@H](C)C(=O)O.[KH]. The third-order valence-corrected chi connectivity index (χ3v) is 3.35. The average molecular weight is 298 g/mol. The van der Waals surface area contributed by atoms with Gasteiger partial charge in [-0.15, -0.1) is 0 Å². The molecule has 2 N–H and O–H groups in total. The monoisotopic (exact) mass is 297 g/mol. The zero-order chi connectivity index (χ0) is 13.6. The Labute approximate surface area is 161 Å². The number of carbonyl (C=O) groups is 1. The van der Waals surface area contributed by atoms with Gasteiger partial charge in [0, 0.05) is 0 Å². The Kier molecular flexibility index (Phi) is 20.1. The number of hydrogen-bond donors (Lipinski definition) is 2. The summed E-state index contributed by atoms with van der Waals surface area (Å²) in [6, 6.07) is -0.413. The van der Waals surface area contributed by atoms with Gasteiger partial charge in [-0.2, -0.15) is 0 Å². The summed E-state index contributed by atoms with van der Waals surface area (Å²) in [6.07, 6.45) is 13.2. The molecule has 19 heavy (non-hydrogen) atoms. The van der Waals surface area contributed by atoms with Crippen LogP contribution in [0.5, 0.6) is 0 Å². The summed E-state index contributed by atoms with van der Waals surface area (Å²) in [6.45, 7) is 4.77. The molecule has 0 spiro atoms. The van der Waals surface area contributed by atoms with E-state index < -0.39 is 12.0 Å². The van der Waals surface area contributed by atoms with Crippen LogP contribution in [0.4, 0.5) is 0 Å². The number of aliphatic carboxylic acids is 1. The summed E-state index contributed by atoms with van der Waals surface area (Å²) in [5, 5.41) is 11.7. The topological polar surface area (TPSA) is 49.3 Å². The minimum atomic E-state index is -0.762. The van der Waals surface area contributed by atoms with Crippen LogP contribution in [0, 0.1) is 0 Å². The van der Waals surface area contributed by atoms with E-state index in [9.17, 15) is 4.79 Å². The van der Waals surface area contributed by atoms with Crippen LogP contribution in [-0.2, 0) is 4.79 Å². The summed E-state index contributed by atoms with van der Waals surface area (Å²) in [4.78, 5) is 10.5. The van der Waals surface area contributed by atoms with Gasteiger partial charge in [-0.05, 0) is 19.9 Å². The standard InChI is InChI=1S/C15H31NO2.K.H/c1-3-4-5-6-7-8-9-10-11-12-13-16-14(2)15(17)18;;/h14,16H,3-13H2,1-2H3,(H,17,18);;/t14-;;/m0../s1. The van der Waals surface area contributed by atoms with Gasteiger partial charge in [-0.25, -0.2) is 0 Å². The Morgan fingerprint density at radius 1 is 0.947 bits per heavy atom. The van der Waals surface area contributed by atoms with Crippen LogP contribution in [0.1, 0.15) is 78.1 Å². The number of rotatable bonds is 13. The molecule has 0 fully saturated rings. The zero-order valence-corrected chi connectivity index (χ0v) is 12.2. The molecule has 0 rings (SSSR count). The molecule has 4 heteroatoms. The Morgan fingerprint density at radius 3 is 1.79 bits per heavy atom. The molecule has 0 saturated carbocycles. The van der Waals surface area contributed by atoms with Crippen molar-refractivity contribution in [3.63, 3.8) is 0 Å².